The Hall–Kier alpha value is -1.42. The van der Waals surface area contributed by atoms with Gasteiger partial charge in [0, 0.05) is 28.7 Å². The van der Waals surface area contributed by atoms with Crippen LogP contribution in [0, 0.1) is 0 Å². The Morgan fingerprint density at radius 3 is 2.52 bits per heavy atom. The van der Waals surface area contributed by atoms with E-state index in [1.807, 2.05) is 43.3 Å². The molecule has 0 aromatic heterocycles. The van der Waals surface area contributed by atoms with Crippen molar-refractivity contribution in [3.05, 3.63) is 57.6 Å². The number of halogens is 2. The highest BCUT2D eigenvalue weighted by Gasteiger charge is 2.15. The molecule has 1 fully saturated rings. The second-order valence-corrected chi connectivity index (χ2v) is 7.80. The Balaban J connectivity index is 1.68. The summed E-state index contributed by atoms with van der Waals surface area (Å²) in [4.78, 5) is 0. The largest absolute Gasteiger partial charge is 0.490 e. The fraction of sp³-hybridized carbons (Fsp3) is 0.455. The van der Waals surface area contributed by atoms with Crippen molar-refractivity contribution in [3.8, 4) is 11.5 Å². The van der Waals surface area contributed by atoms with Gasteiger partial charge in [-0.2, -0.15) is 0 Å². The van der Waals surface area contributed by atoms with E-state index in [0.717, 1.165) is 23.4 Å². The van der Waals surface area contributed by atoms with Crippen molar-refractivity contribution in [1.29, 1.82) is 0 Å². The lowest BCUT2D eigenvalue weighted by Crippen LogP contribution is -2.30. The van der Waals surface area contributed by atoms with Crippen molar-refractivity contribution in [2.75, 3.05) is 6.61 Å². The third-order valence-corrected chi connectivity index (χ3v) is 5.47. The quantitative estimate of drug-likeness (QED) is 0.549. The van der Waals surface area contributed by atoms with Crippen LogP contribution >= 0.6 is 23.2 Å². The predicted molar refractivity (Wildman–Crippen MR) is 112 cm³/mol. The zero-order chi connectivity index (χ0) is 19.1. The van der Waals surface area contributed by atoms with Crippen molar-refractivity contribution in [2.45, 2.75) is 58.2 Å². The summed E-state index contributed by atoms with van der Waals surface area (Å²) in [6, 6.07) is 12.1. The molecule has 0 spiro atoms. The number of ether oxygens (including phenoxy) is 2. The molecule has 1 aliphatic rings. The Bertz CT molecular complexity index is 745. The van der Waals surface area contributed by atoms with Gasteiger partial charge in [0.15, 0.2) is 11.5 Å². The van der Waals surface area contributed by atoms with Gasteiger partial charge in [-0.05, 0) is 49.1 Å². The van der Waals surface area contributed by atoms with E-state index in [0.29, 0.717) is 35.1 Å². The van der Waals surface area contributed by atoms with Gasteiger partial charge in [-0.25, -0.2) is 0 Å². The Kier molecular flexibility index (Phi) is 7.69. The van der Waals surface area contributed by atoms with Gasteiger partial charge in [-0.3, -0.25) is 0 Å². The predicted octanol–water partition coefficient (Wildman–Crippen LogP) is 6.39. The summed E-state index contributed by atoms with van der Waals surface area (Å²) >= 11 is 12.6. The molecule has 1 saturated carbocycles. The molecule has 5 heteroatoms. The van der Waals surface area contributed by atoms with Crippen molar-refractivity contribution >= 4 is 23.2 Å². The first kappa shape index (κ1) is 20.3. The second-order valence-electron chi connectivity index (χ2n) is 6.96. The molecule has 3 rings (SSSR count). The number of nitrogens with one attached hydrogen (secondary N) is 1. The number of hydrogen-bond acceptors (Lipinski definition) is 3. The first-order chi connectivity index (χ1) is 13.2. The number of benzene rings is 2. The Morgan fingerprint density at radius 1 is 1.00 bits per heavy atom. The van der Waals surface area contributed by atoms with Gasteiger partial charge in [0.1, 0.15) is 6.61 Å². The molecular formula is C22H27Cl2NO2. The van der Waals surface area contributed by atoms with Gasteiger partial charge in [0.2, 0.25) is 0 Å². The molecule has 1 N–H and O–H groups in total. The normalized spacial score (nSPS) is 14.9. The van der Waals surface area contributed by atoms with Gasteiger partial charge in [0.25, 0.3) is 0 Å². The lowest BCUT2D eigenvalue weighted by molar-refractivity contribution is 0.269. The maximum absolute atomic E-state index is 6.53. The third kappa shape index (κ3) is 6.03. The standard InChI is InChI=1S/C22H27Cl2NO2/c1-2-26-21-12-17(14-25-19-9-4-3-5-10-19)20(24)13-22(21)27-15-16-7-6-8-18(23)11-16/h6-8,11-13,19,25H,2-5,9-10,14-15H2,1H3. The molecule has 0 heterocycles. The zero-order valence-electron chi connectivity index (χ0n) is 15.8. The van der Waals surface area contributed by atoms with E-state index in [4.69, 9.17) is 32.7 Å². The summed E-state index contributed by atoms with van der Waals surface area (Å²) in [5.74, 6) is 1.38. The molecular weight excluding hydrogens is 381 g/mol. The first-order valence-corrected chi connectivity index (χ1v) is 10.5. The maximum atomic E-state index is 6.53. The van der Waals surface area contributed by atoms with Crippen LogP contribution < -0.4 is 14.8 Å². The maximum Gasteiger partial charge on any atom is 0.163 e. The van der Waals surface area contributed by atoms with Crippen molar-refractivity contribution in [1.82, 2.24) is 5.32 Å². The number of rotatable bonds is 8. The van der Waals surface area contributed by atoms with Crippen LogP contribution in [-0.4, -0.2) is 12.6 Å². The summed E-state index contributed by atoms with van der Waals surface area (Å²) in [6.45, 7) is 3.70. The number of hydrogen-bond donors (Lipinski definition) is 1. The van der Waals surface area contributed by atoms with E-state index in [1.54, 1.807) is 0 Å². The summed E-state index contributed by atoms with van der Waals surface area (Å²) < 4.78 is 11.8. The zero-order valence-corrected chi connectivity index (χ0v) is 17.3. The summed E-state index contributed by atoms with van der Waals surface area (Å²) in [6.07, 6.45) is 6.47. The van der Waals surface area contributed by atoms with Crippen LogP contribution in [0.5, 0.6) is 11.5 Å². The van der Waals surface area contributed by atoms with Crippen LogP contribution in [0.4, 0.5) is 0 Å². The van der Waals surface area contributed by atoms with E-state index >= 15 is 0 Å². The van der Waals surface area contributed by atoms with E-state index in [-0.39, 0.29) is 0 Å². The Morgan fingerprint density at radius 2 is 1.78 bits per heavy atom. The molecule has 0 bridgehead atoms. The van der Waals surface area contributed by atoms with Gasteiger partial charge in [-0.1, -0.05) is 54.6 Å². The molecule has 2 aromatic rings. The summed E-state index contributed by atoms with van der Waals surface area (Å²) in [5, 5.41) is 5.03. The fourth-order valence-corrected chi connectivity index (χ4v) is 3.88. The molecule has 146 valence electrons. The van der Waals surface area contributed by atoms with Gasteiger partial charge < -0.3 is 14.8 Å². The highest BCUT2D eigenvalue weighted by atomic mass is 35.5. The second kappa shape index (κ2) is 10.2. The minimum absolute atomic E-state index is 0.413. The molecule has 3 nitrogen and oxygen atoms in total. The Labute approximate surface area is 172 Å². The van der Waals surface area contributed by atoms with Crippen molar-refractivity contribution in [2.24, 2.45) is 0 Å². The van der Waals surface area contributed by atoms with Crippen molar-refractivity contribution < 1.29 is 9.47 Å². The van der Waals surface area contributed by atoms with E-state index < -0.39 is 0 Å². The highest BCUT2D eigenvalue weighted by Crippen LogP contribution is 2.34. The van der Waals surface area contributed by atoms with Crippen LogP contribution in [0.25, 0.3) is 0 Å². The molecule has 27 heavy (non-hydrogen) atoms. The molecule has 0 aliphatic heterocycles. The fourth-order valence-electron chi connectivity index (χ4n) is 3.44. The smallest absolute Gasteiger partial charge is 0.163 e. The molecule has 2 aromatic carbocycles. The minimum atomic E-state index is 0.413. The average molecular weight is 408 g/mol. The minimum Gasteiger partial charge on any atom is -0.490 e. The molecule has 0 atom stereocenters. The molecule has 0 unspecified atom stereocenters. The topological polar surface area (TPSA) is 30.5 Å². The average Bonchev–Trinajstić information content (AvgIpc) is 2.68. The third-order valence-electron chi connectivity index (χ3n) is 4.88. The van der Waals surface area contributed by atoms with Crippen LogP contribution in [-0.2, 0) is 13.2 Å². The molecule has 0 saturated heterocycles. The van der Waals surface area contributed by atoms with E-state index in [2.05, 4.69) is 5.32 Å². The van der Waals surface area contributed by atoms with Gasteiger partial charge in [0.05, 0.1) is 6.61 Å². The van der Waals surface area contributed by atoms with Gasteiger partial charge >= 0.3 is 0 Å². The SMILES string of the molecule is CCOc1cc(CNC2CCCCC2)c(Cl)cc1OCc1cccc(Cl)c1. The molecule has 0 radical (unpaired) electrons. The monoisotopic (exact) mass is 407 g/mol. The highest BCUT2D eigenvalue weighted by molar-refractivity contribution is 6.31. The van der Waals surface area contributed by atoms with Crippen LogP contribution in [0.2, 0.25) is 10.0 Å². The van der Waals surface area contributed by atoms with Crippen LogP contribution in [0.1, 0.15) is 50.2 Å². The summed E-state index contributed by atoms with van der Waals surface area (Å²) in [7, 11) is 0. The molecule has 1 aliphatic carbocycles. The van der Waals surface area contributed by atoms with E-state index in [9.17, 15) is 0 Å². The van der Waals surface area contributed by atoms with E-state index in [1.165, 1.54) is 32.1 Å². The summed E-state index contributed by atoms with van der Waals surface area (Å²) in [5.41, 5.74) is 2.05. The van der Waals surface area contributed by atoms with Crippen LogP contribution in [0.3, 0.4) is 0 Å². The van der Waals surface area contributed by atoms with Crippen molar-refractivity contribution in [3.63, 3.8) is 0 Å². The lowest BCUT2D eigenvalue weighted by atomic mass is 9.95. The van der Waals surface area contributed by atoms with Gasteiger partial charge in [-0.15, -0.1) is 0 Å². The molecule has 0 amide bonds. The lowest BCUT2D eigenvalue weighted by Gasteiger charge is -2.23. The first-order valence-electron chi connectivity index (χ1n) is 9.71. The van der Waals surface area contributed by atoms with Crippen LogP contribution in [0.15, 0.2) is 36.4 Å².